The molecule has 3 rings (SSSR count). The number of carbonyl (C=O) groups is 2. The lowest BCUT2D eigenvalue weighted by atomic mass is 9.77. The first-order valence-electron chi connectivity index (χ1n) is 9.40. The number of methoxy groups -OCH3 is 1. The second kappa shape index (κ2) is 8.46. The Morgan fingerprint density at radius 3 is 2.42 bits per heavy atom. The molecule has 0 saturated carbocycles. The number of urea groups is 1. The van der Waals surface area contributed by atoms with E-state index in [1.54, 1.807) is 13.0 Å². The smallest absolute Gasteiger partial charge is 0.437 e. The Morgan fingerprint density at radius 1 is 1.16 bits per heavy atom. The quantitative estimate of drug-likeness (QED) is 0.602. The average Bonchev–Trinajstić information content (AvgIpc) is 2.73. The molecule has 1 saturated heterocycles. The van der Waals surface area contributed by atoms with Crippen molar-refractivity contribution in [2.75, 3.05) is 13.7 Å². The van der Waals surface area contributed by atoms with Gasteiger partial charge >= 0.3 is 12.2 Å². The van der Waals surface area contributed by atoms with E-state index in [9.17, 15) is 27.9 Å². The van der Waals surface area contributed by atoms with E-state index in [1.807, 2.05) is 0 Å². The average molecular weight is 438 g/mol. The van der Waals surface area contributed by atoms with Crippen molar-refractivity contribution < 1.29 is 37.3 Å². The summed E-state index contributed by atoms with van der Waals surface area (Å²) >= 11 is 0. The van der Waals surface area contributed by atoms with E-state index in [0.717, 1.165) is 0 Å². The number of amides is 2. The van der Waals surface area contributed by atoms with Gasteiger partial charge in [0.05, 0.1) is 19.8 Å². The van der Waals surface area contributed by atoms with Gasteiger partial charge in [-0.15, -0.1) is 0 Å². The van der Waals surface area contributed by atoms with E-state index < -0.39 is 35.7 Å². The van der Waals surface area contributed by atoms with Crippen LogP contribution in [0.2, 0.25) is 0 Å². The normalized spacial score (nSPS) is 23.5. The molecule has 10 heteroatoms. The summed E-state index contributed by atoms with van der Waals surface area (Å²) in [6.07, 6.45) is -5.33. The first kappa shape index (κ1) is 22.4. The second-order valence-electron chi connectivity index (χ2n) is 6.89. The molecule has 0 bridgehead atoms. The zero-order valence-electron chi connectivity index (χ0n) is 16.7. The first-order valence-corrected chi connectivity index (χ1v) is 9.40. The molecule has 0 unspecified atom stereocenters. The van der Waals surface area contributed by atoms with E-state index in [4.69, 9.17) is 9.47 Å². The molecule has 166 valence electrons. The van der Waals surface area contributed by atoms with Gasteiger partial charge < -0.3 is 25.2 Å². The lowest BCUT2D eigenvalue weighted by molar-refractivity contribution is -0.287. The molecule has 3 N–H and O–H groups in total. The molecule has 0 aliphatic carbocycles. The molecule has 2 aromatic rings. The van der Waals surface area contributed by atoms with Gasteiger partial charge in [0.2, 0.25) is 5.72 Å². The van der Waals surface area contributed by atoms with Gasteiger partial charge in [-0.05, 0) is 24.6 Å². The molecular formula is C21H21F3N2O5. The highest BCUT2D eigenvalue weighted by Gasteiger charge is 2.66. The first-order chi connectivity index (χ1) is 14.6. The Bertz CT molecular complexity index is 967. The zero-order valence-corrected chi connectivity index (χ0v) is 16.7. The number of aliphatic hydroxyl groups is 1. The Kier molecular flexibility index (Phi) is 6.12. The van der Waals surface area contributed by atoms with Crippen molar-refractivity contribution in [2.24, 2.45) is 5.92 Å². The van der Waals surface area contributed by atoms with Crippen LogP contribution < -0.4 is 20.1 Å². The number of hydrogen-bond donors (Lipinski definition) is 3. The van der Waals surface area contributed by atoms with Gasteiger partial charge in [-0.25, -0.2) is 4.79 Å². The standard InChI is InChI=1S/C21H21F3N2O5/c1-3-31-14-10-9-13(11-15(14)30-2)17-16(18(27)12-7-5-4-6-8-12)20(29,21(22,23)24)26-19(28)25-17/h4-11,16-17,29H,3H2,1-2H3,(H2,25,26,28)/t16-,17+,20-/m1/s1. The van der Waals surface area contributed by atoms with E-state index in [0.29, 0.717) is 12.4 Å². The largest absolute Gasteiger partial charge is 0.493 e. The summed E-state index contributed by atoms with van der Waals surface area (Å²) in [6, 6.07) is 8.72. The maximum atomic E-state index is 13.9. The summed E-state index contributed by atoms with van der Waals surface area (Å²) < 4.78 is 52.4. The molecule has 3 atom stereocenters. The fourth-order valence-electron chi connectivity index (χ4n) is 3.55. The number of ether oxygens (including phenoxy) is 2. The number of carbonyl (C=O) groups excluding carboxylic acids is 2. The van der Waals surface area contributed by atoms with Gasteiger partial charge in [0.15, 0.2) is 17.3 Å². The number of ketones is 1. The molecule has 2 amide bonds. The number of rotatable bonds is 6. The van der Waals surface area contributed by atoms with Gasteiger partial charge in [0, 0.05) is 5.56 Å². The van der Waals surface area contributed by atoms with Crippen molar-refractivity contribution in [3.05, 3.63) is 59.7 Å². The highest BCUT2D eigenvalue weighted by molar-refractivity contribution is 6.00. The number of alkyl halides is 3. The lowest BCUT2D eigenvalue weighted by Crippen LogP contribution is -2.72. The summed E-state index contributed by atoms with van der Waals surface area (Å²) in [4.78, 5) is 25.3. The maximum absolute atomic E-state index is 13.9. The van der Waals surface area contributed by atoms with Crippen LogP contribution in [-0.2, 0) is 0 Å². The molecule has 0 radical (unpaired) electrons. The monoisotopic (exact) mass is 438 g/mol. The summed E-state index contributed by atoms with van der Waals surface area (Å²) in [5, 5.41) is 14.4. The van der Waals surface area contributed by atoms with Gasteiger partial charge in [0.1, 0.15) is 5.92 Å². The van der Waals surface area contributed by atoms with Crippen LogP contribution >= 0.6 is 0 Å². The van der Waals surface area contributed by atoms with Crippen LogP contribution in [0.25, 0.3) is 0 Å². The number of benzene rings is 2. The minimum Gasteiger partial charge on any atom is -0.493 e. The maximum Gasteiger partial charge on any atom is 0.437 e. The van der Waals surface area contributed by atoms with Crippen LogP contribution in [0.5, 0.6) is 11.5 Å². The summed E-state index contributed by atoms with van der Waals surface area (Å²) in [7, 11) is 1.35. The van der Waals surface area contributed by atoms with Gasteiger partial charge in [-0.3, -0.25) is 4.79 Å². The topological polar surface area (TPSA) is 96.9 Å². The Morgan fingerprint density at radius 2 is 1.84 bits per heavy atom. The molecule has 0 spiro atoms. The third-order valence-corrected chi connectivity index (χ3v) is 4.99. The predicted octanol–water partition coefficient (Wildman–Crippen LogP) is 3.20. The molecular weight excluding hydrogens is 417 g/mol. The van der Waals surface area contributed by atoms with Crippen molar-refractivity contribution in [2.45, 2.75) is 24.9 Å². The van der Waals surface area contributed by atoms with Crippen LogP contribution in [-0.4, -0.2) is 42.5 Å². The minimum absolute atomic E-state index is 0.0453. The van der Waals surface area contributed by atoms with Crippen molar-refractivity contribution >= 4 is 11.8 Å². The third-order valence-electron chi connectivity index (χ3n) is 4.99. The highest BCUT2D eigenvalue weighted by Crippen LogP contribution is 2.45. The third kappa shape index (κ3) is 4.15. The van der Waals surface area contributed by atoms with Gasteiger partial charge in [0.25, 0.3) is 0 Å². The molecule has 1 fully saturated rings. The van der Waals surface area contributed by atoms with E-state index in [2.05, 4.69) is 5.32 Å². The van der Waals surface area contributed by atoms with Crippen molar-refractivity contribution in [3.63, 3.8) is 0 Å². The Labute approximate surface area is 176 Å². The van der Waals surface area contributed by atoms with Gasteiger partial charge in [-0.2, -0.15) is 13.2 Å². The van der Waals surface area contributed by atoms with Crippen LogP contribution in [0, 0.1) is 5.92 Å². The van der Waals surface area contributed by atoms with E-state index in [-0.39, 0.29) is 16.9 Å². The molecule has 1 aliphatic rings. The van der Waals surface area contributed by atoms with Crippen LogP contribution in [0.3, 0.4) is 0 Å². The number of nitrogens with one attached hydrogen (secondary N) is 2. The zero-order chi connectivity index (χ0) is 22.8. The molecule has 1 aliphatic heterocycles. The highest BCUT2D eigenvalue weighted by atomic mass is 19.4. The van der Waals surface area contributed by atoms with Crippen molar-refractivity contribution in [3.8, 4) is 11.5 Å². The minimum atomic E-state index is -5.33. The van der Waals surface area contributed by atoms with E-state index >= 15 is 0 Å². The summed E-state index contributed by atoms with van der Waals surface area (Å²) in [5.41, 5.74) is -3.71. The van der Waals surface area contributed by atoms with E-state index in [1.165, 1.54) is 54.9 Å². The predicted molar refractivity (Wildman–Crippen MR) is 104 cm³/mol. The lowest BCUT2D eigenvalue weighted by Gasteiger charge is -2.45. The van der Waals surface area contributed by atoms with Gasteiger partial charge in [-0.1, -0.05) is 36.4 Å². The Hall–Kier alpha value is -3.27. The molecule has 1 heterocycles. The second-order valence-corrected chi connectivity index (χ2v) is 6.89. The van der Waals surface area contributed by atoms with Crippen LogP contribution in [0.4, 0.5) is 18.0 Å². The van der Waals surface area contributed by atoms with Crippen molar-refractivity contribution in [1.29, 1.82) is 0 Å². The van der Waals surface area contributed by atoms with Crippen LogP contribution in [0.1, 0.15) is 28.9 Å². The molecule has 31 heavy (non-hydrogen) atoms. The summed E-state index contributed by atoms with van der Waals surface area (Å²) in [6.45, 7) is 2.07. The number of halogens is 3. The molecule has 0 aromatic heterocycles. The van der Waals surface area contributed by atoms with Crippen molar-refractivity contribution in [1.82, 2.24) is 10.6 Å². The Balaban J connectivity index is 2.16. The summed E-state index contributed by atoms with van der Waals surface area (Å²) in [5.74, 6) is -2.57. The fraction of sp³-hybridized carbons (Fsp3) is 0.333. The molecule has 2 aromatic carbocycles. The SMILES string of the molecule is CCOc1ccc([C@@H]2NC(=O)N[C@](O)(C(F)(F)F)[C@H]2C(=O)c2ccccc2)cc1OC. The fourth-order valence-corrected chi connectivity index (χ4v) is 3.55. The number of hydrogen-bond acceptors (Lipinski definition) is 5. The van der Waals surface area contributed by atoms with Crippen LogP contribution in [0.15, 0.2) is 48.5 Å². The molecule has 7 nitrogen and oxygen atoms in total. The number of Topliss-reactive ketones (excluding diaryl/α,β-unsaturated/α-hetero) is 1.